The van der Waals surface area contributed by atoms with Crippen molar-refractivity contribution in [2.24, 2.45) is 0 Å². The van der Waals surface area contributed by atoms with Crippen LogP contribution in [0.3, 0.4) is 0 Å². The Hall–Kier alpha value is -3.74. The summed E-state index contributed by atoms with van der Waals surface area (Å²) in [6, 6.07) is 16.0. The van der Waals surface area contributed by atoms with Crippen LogP contribution < -0.4 is 0 Å². The maximum Gasteiger partial charge on any atom is 0.180 e. The molecule has 0 saturated heterocycles. The van der Waals surface area contributed by atoms with Crippen molar-refractivity contribution < 1.29 is 0 Å². The SMILES string of the molecule is c1ccc2[nH]c(-c3nccn3-c3ccc(-n4cncn4)cc3)nc2c1. The zero-order valence-corrected chi connectivity index (χ0v) is 13.1. The van der Waals surface area contributed by atoms with Crippen LogP contribution in [0.15, 0.2) is 73.6 Å². The van der Waals surface area contributed by atoms with Crippen LogP contribution in [-0.4, -0.2) is 34.3 Å². The molecule has 25 heavy (non-hydrogen) atoms. The van der Waals surface area contributed by atoms with Gasteiger partial charge in [0, 0.05) is 18.1 Å². The predicted molar refractivity (Wildman–Crippen MR) is 93.6 cm³/mol. The third-order valence-corrected chi connectivity index (χ3v) is 4.05. The van der Waals surface area contributed by atoms with Crippen LogP contribution in [-0.2, 0) is 0 Å². The molecule has 0 radical (unpaired) electrons. The number of imidazole rings is 2. The second kappa shape index (κ2) is 5.41. The maximum absolute atomic E-state index is 4.64. The van der Waals surface area contributed by atoms with Crippen molar-refractivity contribution in [1.82, 2.24) is 34.3 Å². The van der Waals surface area contributed by atoms with Crippen molar-refractivity contribution in [3.8, 4) is 23.0 Å². The van der Waals surface area contributed by atoms with Crippen LogP contribution in [0.25, 0.3) is 34.1 Å². The van der Waals surface area contributed by atoms with E-state index < -0.39 is 0 Å². The van der Waals surface area contributed by atoms with Crippen molar-refractivity contribution in [2.75, 3.05) is 0 Å². The fraction of sp³-hybridized carbons (Fsp3) is 0. The minimum absolute atomic E-state index is 0.742. The zero-order chi connectivity index (χ0) is 16.6. The molecule has 2 aromatic carbocycles. The van der Waals surface area contributed by atoms with Crippen LogP contribution >= 0.6 is 0 Å². The van der Waals surface area contributed by atoms with Gasteiger partial charge in [-0.1, -0.05) is 12.1 Å². The molecule has 0 spiro atoms. The molecule has 3 aromatic heterocycles. The van der Waals surface area contributed by atoms with E-state index in [4.69, 9.17) is 0 Å². The van der Waals surface area contributed by atoms with Crippen LogP contribution in [0.4, 0.5) is 0 Å². The summed E-state index contributed by atoms with van der Waals surface area (Å²) in [6.45, 7) is 0. The lowest BCUT2D eigenvalue weighted by Gasteiger charge is -2.07. The van der Waals surface area contributed by atoms with Crippen LogP contribution in [0.1, 0.15) is 0 Å². The number of nitrogens with zero attached hydrogens (tertiary/aromatic N) is 6. The Kier molecular flexibility index (Phi) is 2.96. The first kappa shape index (κ1) is 13.7. The normalized spacial score (nSPS) is 11.2. The minimum Gasteiger partial charge on any atom is -0.335 e. The summed E-state index contributed by atoms with van der Waals surface area (Å²) in [5.41, 5.74) is 3.87. The highest BCUT2D eigenvalue weighted by Crippen LogP contribution is 2.22. The average molecular weight is 327 g/mol. The number of rotatable bonds is 3. The van der Waals surface area contributed by atoms with Crippen molar-refractivity contribution >= 4 is 11.0 Å². The number of aromatic amines is 1. The fourth-order valence-electron chi connectivity index (χ4n) is 2.85. The minimum atomic E-state index is 0.742. The van der Waals surface area contributed by atoms with Crippen LogP contribution in [0.5, 0.6) is 0 Å². The van der Waals surface area contributed by atoms with Gasteiger partial charge >= 0.3 is 0 Å². The van der Waals surface area contributed by atoms with E-state index in [1.807, 2.05) is 59.3 Å². The molecule has 5 aromatic rings. The zero-order valence-electron chi connectivity index (χ0n) is 13.1. The molecule has 0 aliphatic carbocycles. The molecule has 0 saturated carbocycles. The highest BCUT2D eigenvalue weighted by Gasteiger charge is 2.12. The Morgan fingerprint density at radius 3 is 2.56 bits per heavy atom. The van der Waals surface area contributed by atoms with E-state index in [1.54, 1.807) is 17.2 Å². The molecule has 5 rings (SSSR count). The Bertz CT molecular complexity index is 1100. The first-order valence-electron chi connectivity index (χ1n) is 7.82. The Morgan fingerprint density at radius 1 is 0.920 bits per heavy atom. The first-order chi connectivity index (χ1) is 12.4. The summed E-state index contributed by atoms with van der Waals surface area (Å²) in [7, 11) is 0. The topological polar surface area (TPSA) is 77.2 Å². The highest BCUT2D eigenvalue weighted by molar-refractivity contribution is 5.78. The van der Waals surface area contributed by atoms with Crippen molar-refractivity contribution in [3.05, 3.63) is 73.6 Å². The Labute approximate surface area is 142 Å². The smallest absolute Gasteiger partial charge is 0.180 e. The molecule has 0 amide bonds. The van der Waals surface area contributed by atoms with Gasteiger partial charge in [0.05, 0.1) is 16.7 Å². The highest BCUT2D eigenvalue weighted by atomic mass is 15.3. The number of aromatic nitrogens is 7. The molecule has 0 atom stereocenters. The third kappa shape index (κ3) is 2.29. The van der Waals surface area contributed by atoms with Gasteiger partial charge < -0.3 is 4.98 Å². The molecule has 7 heteroatoms. The Morgan fingerprint density at radius 2 is 1.76 bits per heavy atom. The van der Waals surface area contributed by atoms with E-state index in [1.165, 1.54) is 6.33 Å². The lowest BCUT2D eigenvalue weighted by atomic mass is 10.2. The van der Waals surface area contributed by atoms with E-state index in [0.717, 1.165) is 34.1 Å². The summed E-state index contributed by atoms with van der Waals surface area (Å²) >= 11 is 0. The van der Waals surface area contributed by atoms with Crippen molar-refractivity contribution in [2.45, 2.75) is 0 Å². The lowest BCUT2D eigenvalue weighted by Crippen LogP contribution is -1.99. The van der Waals surface area contributed by atoms with Gasteiger partial charge in [0.15, 0.2) is 11.6 Å². The molecule has 0 unspecified atom stereocenters. The van der Waals surface area contributed by atoms with Gasteiger partial charge in [-0.15, -0.1) is 0 Å². The van der Waals surface area contributed by atoms with Gasteiger partial charge in [-0.2, -0.15) is 5.10 Å². The second-order valence-electron chi connectivity index (χ2n) is 5.58. The number of nitrogens with one attached hydrogen (secondary N) is 1. The third-order valence-electron chi connectivity index (χ3n) is 4.05. The molecular weight excluding hydrogens is 314 g/mol. The quantitative estimate of drug-likeness (QED) is 0.552. The molecule has 3 heterocycles. The number of benzene rings is 2. The molecule has 1 N–H and O–H groups in total. The summed E-state index contributed by atoms with van der Waals surface area (Å²) in [5, 5.41) is 4.14. The first-order valence-corrected chi connectivity index (χ1v) is 7.82. The number of hydrogen-bond donors (Lipinski definition) is 1. The van der Waals surface area contributed by atoms with E-state index in [0.29, 0.717) is 0 Å². The lowest BCUT2D eigenvalue weighted by molar-refractivity contribution is 0.877. The molecule has 0 bridgehead atoms. The monoisotopic (exact) mass is 327 g/mol. The molecule has 0 fully saturated rings. The van der Waals surface area contributed by atoms with Gasteiger partial charge in [-0.25, -0.2) is 19.6 Å². The van der Waals surface area contributed by atoms with Gasteiger partial charge in [0.25, 0.3) is 0 Å². The van der Waals surface area contributed by atoms with Crippen molar-refractivity contribution in [1.29, 1.82) is 0 Å². The van der Waals surface area contributed by atoms with Gasteiger partial charge in [-0.3, -0.25) is 4.57 Å². The van der Waals surface area contributed by atoms with Crippen LogP contribution in [0.2, 0.25) is 0 Å². The predicted octanol–water partition coefficient (Wildman–Crippen LogP) is 3.00. The van der Waals surface area contributed by atoms with Gasteiger partial charge in [0.2, 0.25) is 0 Å². The summed E-state index contributed by atoms with van der Waals surface area (Å²) in [4.78, 5) is 16.4. The molecule has 120 valence electrons. The largest absolute Gasteiger partial charge is 0.335 e. The van der Waals surface area contributed by atoms with E-state index in [-0.39, 0.29) is 0 Å². The fourth-order valence-corrected chi connectivity index (χ4v) is 2.85. The average Bonchev–Trinajstić information content (AvgIpc) is 3.41. The summed E-state index contributed by atoms with van der Waals surface area (Å²) in [5.74, 6) is 1.51. The van der Waals surface area contributed by atoms with E-state index >= 15 is 0 Å². The number of hydrogen-bond acceptors (Lipinski definition) is 4. The van der Waals surface area contributed by atoms with Gasteiger partial charge in [0.1, 0.15) is 12.7 Å². The van der Waals surface area contributed by atoms with E-state index in [9.17, 15) is 0 Å². The number of H-pyrrole nitrogens is 1. The van der Waals surface area contributed by atoms with E-state index in [2.05, 4.69) is 25.0 Å². The molecule has 0 aliphatic heterocycles. The summed E-state index contributed by atoms with van der Waals surface area (Å²) in [6.07, 6.45) is 6.89. The standard InChI is InChI=1S/C18H13N7/c1-2-4-16-15(3-1)22-17(23-16)18-20-9-10-24(18)13-5-7-14(8-6-13)25-12-19-11-21-25/h1-12H,(H,22,23). The van der Waals surface area contributed by atoms with Crippen LogP contribution in [0, 0.1) is 0 Å². The number of fused-ring (bicyclic) bond motifs is 1. The Balaban J connectivity index is 1.56. The molecular formula is C18H13N7. The summed E-state index contributed by atoms with van der Waals surface area (Å²) < 4.78 is 3.72. The van der Waals surface area contributed by atoms with Crippen molar-refractivity contribution in [3.63, 3.8) is 0 Å². The maximum atomic E-state index is 4.64. The number of para-hydroxylation sites is 2. The van der Waals surface area contributed by atoms with Gasteiger partial charge in [-0.05, 0) is 36.4 Å². The molecule has 0 aliphatic rings. The molecule has 7 nitrogen and oxygen atoms in total. The second-order valence-corrected chi connectivity index (χ2v) is 5.58.